The monoisotopic (exact) mass is 232 g/mol. The topological polar surface area (TPSA) is 67.5 Å². The first kappa shape index (κ1) is 11.4. The molecule has 88 valence electrons. The molecule has 17 heavy (non-hydrogen) atoms. The molecule has 1 aromatic carbocycles. The van der Waals surface area contributed by atoms with Gasteiger partial charge in [-0.25, -0.2) is 0 Å². The van der Waals surface area contributed by atoms with Gasteiger partial charge in [0.15, 0.2) is 11.2 Å². The Bertz CT molecular complexity index is 680. The summed E-state index contributed by atoms with van der Waals surface area (Å²) in [6.45, 7) is 4.65. The maximum absolute atomic E-state index is 11.7. The molecule has 1 N–H and O–H groups in total. The molecule has 0 unspecified atom stereocenters. The van der Waals surface area contributed by atoms with Crippen LogP contribution >= 0.6 is 0 Å². The zero-order chi connectivity index (χ0) is 12.7. The quantitative estimate of drug-likeness (QED) is 0.766. The Hall–Kier alpha value is -2.10. The minimum absolute atomic E-state index is 0.123. The Kier molecular flexibility index (Phi) is 2.50. The molecule has 0 aliphatic heterocycles. The molecule has 0 radical (unpaired) electrons. The van der Waals surface area contributed by atoms with Crippen LogP contribution in [0.2, 0.25) is 0 Å². The number of aryl methyl sites for hydroxylation is 1. The van der Waals surface area contributed by atoms with E-state index in [-0.39, 0.29) is 27.9 Å². The number of hydrogen-bond acceptors (Lipinski definition) is 4. The average molecular weight is 232 g/mol. The van der Waals surface area contributed by atoms with Gasteiger partial charge in [0, 0.05) is 17.2 Å². The highest BCUT2D eigenvalue weighted by molar-refractivity contribution is 6.01. The van der Waals surface area contributed by atoms with Gasteiger partial charge < -0.3 is 9.52 Å². The van der Waals surface area contributed by atoms with Crippen molar-refractivity contribution in [2.75, 3.05) is 0 Å². The first-order chi connectivity index (χ1) is 7.91. The van der Waals surface area contributed by atoms with E-state index in [1.165, 1.54) is 19.1 Å². The van der Waals surface area contributed by atoms with Gasteiger partial charge in [-0.2, -0.15) is 0 Å². The zero-order valence-corrected chi connectivity index (χ0v) is 9.83. The lowest BCUT2D eigenvalue weighted by atomic mass is 10.0. The number of Topliss-reactive ketones (excluding diaryl/α,β-unsaturated/α-hetero) is 1. The average Bonchev–Trinajstić information content (AvgIpc) is 2.21. The molecule has 0 fully saturated rings. The summed E-state index contributed by atoms with van der Waals surface area (Å²) in [6.07, 6.45) is 0. The molecule has 0 aliphatic carbocycles. The number of phenols is 1. The predicted octanol–water partition coefficient (Wildman–Crippen LogP) is 2.32. The van der Waals surface area contributed by atoms with Gasteiger partial charge in [-0.1, -0.05) is 0 Å². The van der Waals surface area contributed by atoms with Gasteiger partial charge in [0.25, 0.3) is 0 Å². The molecule has 0 spiro atoms. The van der Waals surface area contributed by atoms with Crippen molar-refractivity contribution in [1.82, 2.24) is 0 Å². The van der Waals surface area contributed by atoms with Crippen molar-refractivity contribution in [3.63, 3.8) is 0 Å². The molecule has 4 heteroatoms. The van der Waals surface area contributed by atoms with E-state index in [2.05, 4.69) is 0 Å². The summed E-state index contributed by atoms with van der Waals surface area (Å²) in [5.41, 5.74) is 0.702. The number of carbonyl (C=O) groups is 1. The Morgan fingerprint density at radius 1 is 1.29 bits per heavy atom. The molecule has 1 aromatic heterocycles. The highest BCUT2D eigenvalue weighted by Gasteiger charge is 2.16. The Balaban J connectivity index is 3.01. The van der Waals surface area contributed by atoms with Gasteiger partial charge in [0.05, 0.1) is 0 Å². The highest BCUT2D eigenvalue weighted by Crippen LogP contribution is 2.29. The van der Waals surface area contributed by atoms with E-state index in [0.717, 1.165) is 0 Å². The van der Waals surface area contributed by atoms with Crippen LogP contribution in [0.15, 0.2) is 21.3 Å². The van der Waals surface area contributed by atoms with E-state index in [1.54, 1.807) is 13.8 Å². The van der Waals surface area contributed by atoms with E-state index < -0.39 is 0 Å². The molecular formula is C13H12O4. The Morgan fingerprint density at radius 3 is 2.53 bits per heavy atom. The van der Waals surface area contributed by atoms with Crippen LogP contribution in [0.25, 0.3) is 11.0 Å². The Labute approximate surface area is 97.5 Å². The lowest BCUT2D eigenvalue weighted by Crippen LogP contribution is -2.04. The van der Waals surface area contributed by atoms with Crippen LogP contribution in [0.5, 0.6) is 5.75 Å². The van der Waals surface area contributed by atoms with Crippen molar-refractivity contribution in [1.29, 1.82) is 0 Å². The van der Waals surface area contributed by atoms with Gasteiger partial charge >= 0.3 is 0 Å². The summed E-state index contributed by atoms with van der Waals surface area (Å²) >= 11 is 0. The summed E-state index contributed by atoms with van der Waals surface area (Å²) in [7, 11) is 0. The lowest BCUT2D eigenvalue weighted by Gasteiger charge is -2.08. The van der Waals surface area contributed by atoms with E-state index in [4.69, 9.17) is 4.42 Å². The molecule has 0 bridgehead atoms. The molecule has 0 aliphatic rings. The second kappa shape index (κ2) is 3.73. The number of hydrogen-bond donors (Lipinski definition) is 1. The maximum Gasteiger partial charge on any atom is 0.196 e. The molecular weight excluding hydrogens is 220 g/mol. The normalized spacial score (nSPS) is 10.8. The van der Waals surface area contributed by atoms with Crippen molar-refractivity contribution < 1.29 is 14.3 Å². The van der Waals surface area contributed by atoms with Gasteiger partial charge in [0.2, 0.25) is 0 Å². The third kappa shape index (κ3) is 1.71. The summed E-state index contributed by atoms with van der Waals surface area (Å²) in [4.78, 5) is 23.1. The Morgan fingerprint density at radius 2 is 1.94 bits per heavy atom. The molecule has 2 rings (SSSR count). The van der Waals surface area contributed by atoms with E-state index in [0.29, 0.717) is 16.9 Å². The second-order valence-corrected chi connectivity index (χ2v) is 4.05. The number of rotatable bonds is 1. The molecule has 0 saturated carbocycles. The third-order valence-corrected chi connectivity index (χ3v) is 2.75. The van der Waals surface area contributed by atoms with Crippen LogP contribution in [0.3, 0.4) is 0 Å². The molecule has 0 saturated heterocycles. The number of ketones is 1. The first-order valence-electron chi connectivity index (χ1n) is 5.19. The van der Waals surface area contributed by atoms with Crippen molar-refractivity contribution in [2.45, 2.75) is 20.8 Å². The smallest absolute Gasteiger partial charge is 0.196 e. The van der Waals surface area contributed by atoms with Gasteiger partial charge in [-0.15, -0.1) is 0 Å². The maximum atomic E-state index is 11.7. The van der Waals surface area contributed by atoms with Gasteiger partial charge in [0.1, 0.15) is 22.5 Å². The van der Waals surface area contributed by atoms with Crippen LogP contribution in [0.4, 0.5) is 0 Å². The molecule has 2 aromatic rings. The molecule has 0 atom stereocenters. The molecule has 0 amide bonds. The van der Waals surface area contributed by atoms with Crippen molar-refractivity contribution in [3.8, 4) is 5.75 Å². The van der Waals surface area contributed by atoms with Crippen LogP contribution in [-0.2, 0) is 0 Å². The summed E-state index contributed by atoms with van der Waals surface area (Å²) < 4.78 is 5.36. The fourth-order valence-electron chi connectivity index (χ4n) is 1.89. The van der Waals surface area contributed by atoms with Crippen LogP contribution in [0, 0.1) is 13.8 Å². The first-order valence-corrected chi connectivity index (χ1v) is 5.19. The van der Waals surface area contributed by atoms with Crippen LogP contribution in [-0.4, -0.2) is 10.9 Å². The second-order valence-electron chi connectivity index (χ2n) is 4.05. The number of benzene rings is 1. The molecule has 1 heterocycles. The van der Waals surface area contributed by atoms with E-state index >= 15 is 0 Å². The van der Waals surface area contributed by atoms with Crippen molar-refractivity contribution in [2.24, 2.45) is 0 Å². The largest absolute Gasteiger partial charge is 0.507 e. The summed E-state index contributed by atoms with van der Waals surface area (Å²) in [5.74, 6) is 0.0885. The number of fused-ring (bicyclic) bond motifs is 1. The van der Waals surface area contributed by atoms with Crippen LogP contribution in [0.1, 0.15) is 28.6 Å². The summed E-state index contributed by atoms with van der Waals surface area (Å²) in [5, 5.41) is 10.1. The van der Waals surface area contributed by atoms with Gasteiger partial charge in [-0.3, -0.25) is 9.59 Å². The zero-order valence-electron chi connectivity index (χ0n) is 9.83. The predicted molar refractivity (Wildman–Crippen MR) is 63.6 cm³/mol. The van der Waals surface area contributed by atoms with Crippen LogP contribution < -0.4 is 5.43 Å². The minimum Gasteiger partial charge on any atom is -0.507 e. The van der Waals surface area contributed by atoms with Crippen molar-refractivity contribution >= 4 is 16.8 Å². The van der Waals surface area contributed by atoms with E-state index in [9.17, 15) is 14.7 Å². The number of aromatic hydroxyl groups is 1. The fraction of sp³-hybridized carbons (Fsp3) is 0.231. The fourth-order valence-corrected chi connectivity index (χ4v) is 1.89. The van der Waals surface area contributed by atoms with Crippen molar-refractivity contribution in [3.05, 3.63) is 39.2 Å². The summed E-state index contributed by atoms with van der Waals surface area (Å²) in [6, 6.07) is 2.82. The highest BCUT2D eigenvalue weighted by atomic mass is 16.3. The molecule has 4 nitrogen and oxygen atoms in total. The lowest BCUT2D eigenvalue weighted by molar-refractivity contribution is 0.101. The minimum atomic E-state index is -0.306. The third-order valence-electron chi connectivity index (χ3n) is 2.75. The number of carbonyl (C=O) groups excluding carboxylic acids is 1. The number of phenolic OH excluding ortho intramolecular Hbond substituents is 1. The standard InChI is InChI=1S/C13H12O4/c1-6-4-10(15)12-11(17-6)5-9(8(3)14)7(2)13(12)16/h4-5,16H,1-3H3. The SMILES string of the molecule is CC(=O)c1cc2oc(C)cc(=O)c2c(O)c1C. The van der Waals surface area contributed by atoms with E-state index in [1.807, 2.05) is 0 Å². The van der Waals surface area contributed by atoms with Gasteiger partial charge in [-0.05, 0) is 26.8 Å².